The second-order valence-corrected chi connectivity index (χ2v) is 3.21. The number of aromatic nitrogens is 2. The smallest absolute Gasteiger partial charge is 0.307 e. The third-order valence-corrected chi connectivity index (χ3v) is 1.87. The Kier molecular flexibility index (Phi) is 2.99. The van der Waals surface area contributed by atoms with E-state index in [2.05, 4.69) is 20.8 Å². The Morgan fingerprint density at radius 2 is 1.88 bits per heavy atom. The Balaban J connectivity index is 2.03. The number of nitrogens with one attached hydrogen (secondary N) is 3. The topological polar surface area (TPSA) is 69.8 Å². The molecule has 0 radical (unpaired) electrons. The van der Waals surface area contributed by atoms with Crippen LogP contribution in [0.5, 0.6) is 0 Å². The first-order valence-electron chi connectivity index (χ1n) is 4.67. The summed E-state index contributed by atoms with van der Waals surface area (Å²) in [4.78, 5) is 11.4. The number of anilines is 2. The first-order valence-corrected chi connectivity index (χ1v) is 4.67. The summed E-state index contributed by atoms with van der Waals surface area (Å²) in [5.41, 5.74) is 0.0273. The minimum Gasteiger partial charge on any atom is -0.307 e. The Hall–Kier alpha value is -2.44. The highest BCUT2D eigenvalue weighted by Gasteiger charge is 2.05. The lowest BCUT2D eigenvalue weighted by molar-refractivity contribution is 0.262. The minimum absolute atomic E-state index is 0.0273. The van der Waals surface area contributed by atoms with Crippen molar-refractivity contribution in [3.8, 4) is 0 Å². The molecule has 0 spiro atoms. The highest BCUT2D eigenvalue weighted by atomic mass is 19.1. The van der Waals surface area contributed by atoms with Crippen molar-refractivity contribution in [3.63, 3.8) is 0 Å². The summed E-state index contributed by atoms with van der Waals surface area (Å²) >= 11 is 0. The molecule has 0 atom stereocenters. The zero-order chi connectivity index (χ0) is 12.3. The lowest BCUT2D eigenvalue weighted by Crippen LogP contribution is -2.19. The third-order valence-electron chi connectivity index (χ3n) is 1.87. The molecule has 7 heteroatoms. The summed E-state index contributed by atoms with van der Waals surface area (Å²) in [7, 11) is 0. The quantitative estimate of drug-likeness (QED) is 0.751. The molecule has 1 aromatic heterocycles. The molecular formula is C10H8F2N4O. The molecule has 1 heterocycles. The van der Waals surface area contributed by atoms with E-state index >= 15 is 0 Å². The van der Waals surface area contributed by atoms with Crippen molar-refractivity contribution in [1.29, 1.82) is 0 Å². The first kappa shape index (κ1) is 11.1. The molecule has 0 bridgehead atoms. The third kappa shape index (κ3) is 3.00. The fraction of sp³-hybridized carbons (Fsp3) is 0. The fourth-order valence-electron chi connectivity index (χ4n) is 1.24. The summed E-state index contributed by atoms with van der Waals surface area (Å²) < 4.78 is 25.7. The molecule has 2 rings (SSSR count). The summed E-state index contributed by atoms with van der Waals surface area (Å²) in [5.74, 6) is -1.15. The van der Waals surface area contributed by atoms with Crippen LogP contribution in [-0.2, 0) is 0 Å². The lowest BCUT2D eigenvalue weighted by Gasteiger charge is -2.05. The average Bonchev–Trinajstić information content (AvgIpc) is 2.67. The molecule has 0 aliphatic heterocycles. The molecule has 1 aromatic carbocycles. The van der Waals surface area contributed by atoms with Gasteiger partial charge in [-0.05, 0) is 12.1 Å². The zero-order valence-corrected chi connectivity index (χ0v) is 8.50. The minimum atomic E-state index is -0.762. The van der Waals surface area contributed by atoms with Crippen molar-refractivity contribution in [3.05, 3.63) is 42.1 Å². The largest absolute Gasteiger partial charge is 0.324 e. The predicted octanol–water partition coefficient (Wildman–Crippen LogP) is 2.33. The summed E-state index contributed by atoms with van der Waals surface area (Å²) in [6, 6.07) is 3.65. The maximum absolute atomic E-state index is 12.8. The first-order chi connectivity index (χ1) is 8.13. The number of nitrogens with zero attached hydrogens (tertiary/aromatic N) is 1. The molecule has 0 aliphatic rings. The number of H-pyrrole nitrogens is 1. The second kappa shape index (κ2) is 4.60. The van der Waals surface area contributed by atoms with Gasteiger partial charge in [0.2, 0.25) is 0 Å². The van der Waals surface area contributed by atoms with Crippen LogP contribution in [0, 0.1) is 11.6 Å². The van der Waals surface area contributed by atoms with Gasteiger partial charge in [-0.1, -0.05) is 0 Å². The van der Waals surface area contributed by atoms with Gasteiger partial charge < -0.3 is 5.32 Å². The van der Waals surface area contributed by atoms with Crippen molar-refractivity contribution < 1.29 is 13.6 Å². The molecule has 0 aliphatic carbocycles. The highest BCUT2D eigenvalue weighted by Crippen LogP contribution is 2.13. The summed E-state index contributed by atoms with van der Waals surface area (Å²) in [5, 5.41) is 10.8. The Morgan fingerprint density at radius 1 is 1.18 bits per heavy atom. The predicted molar refractivity (Wildman–Crippen MR) is 57.6 cm³/mol. The molecular weight excluding hydrogens is 230 g/mol. The number of benzene rings is 1. The number of urea groups is 1. The maximum Gasteiger partial charge on any atom is 0.324 e. The van der Waals surface area contributed by atoms with Crippen LogP contribution in [0.3, 0.4) is 0 Å². The van der Waals surface area contributed by atoms with Crippen molar-refractivity contribution in [2.75, 3.05) is 10.6 Å². The number of carbonyl (C=O) groups excluding carboxylic acids is 1. The van der Waals surface area contributed by atoms with Gasteiger partial charge in [-0.3, -0.25) is 10.4 Å². The van der Waals surface area contributed by atoms with E-state index in [9.17, 15) is 13.6 Å². The molecule has 3 N–H and O–H groups in total. The average molecular weight is 238 g/mol. The Morgan fingerprint density at radius 3 is 2.47 bits per heavy atom. The van der Waals surface area contributed by atoms with E-state index in [1.807, 2.05) is 0 Å². The van der Waals surface area contributed by atoms with E-state index in [1.54, 1.807) is 0 Å². The van der Waals surface area contributed by atoms with Gasteiger partial charge in [0.25, 0.3) is 0 Å². The van der Waals surface area contributed by atoms with E-state index in [1.165, 1.54) is 12.3 Å². The van der Waals surface area contributed by atoms with Crippen molar-refractivity contribution >= 4 is 17.5 Å². The van der Waals surface area contributed by atoms with E-state index in [0.717, 1.165) is 18.2 Å². The van der Waals surface area contributed by atoms with Crippen LogP contribution in [0.4, 0.5) is 25.1 Å². The fourth-order valence-corrected chi connectivity index (χ4v) is 1.24. The zero-order valence-electron chi connectivity index (χ0n) is 8.50. The van der Waals surface area contributed by atoms with E-state index in [0.29, 0.717) is 5.82 Å². The van der Waals surface area contributed by atoms with Crippen LogP contribution in [0.2, 0.25) is 0 Å². The van der Waals surface area contributed by atoms with Gasteiger partial charge in [0, 0.05) is 17.8 Å². The molecule has 0 unspecified atom stereocenters. The molecule has 2 amide bonds. The van der Waals surface area contributed by atoms with Crippen LogP contribution >= 0.6 is 0 Å². The number of aromatic amines is 1. The number of hydrogen-bond donors (Lipinski definition) is 3. The standard InChI is InChI=1S/C10H8F2N4O/c11-6-3-7(12)5-8(4-6)14-10(17)15-9-1-2-13-16-9/h1-5H,(H3,13,14,15,16,17). The molecule has 2 aromatic rings. The van der Waals surface area contributed by atoms with E-state index in [-0.39, 0.29) is 5.69 Å². The van der Waals surface area contributed by atoms with Crippen molar-refractivity contribution in [1.82, 2.24) is 10.2 Å². The van der Waals surface area contributed by atoms with Gasteiger partial charge in [0.05, 0.1) is 6.20 Å². The molecule has 17 heavy (non-hydrogen) atoms. The number of rotatable bonds is 2. The van der Waals surface area contributed by atoms with Gasteiger partial charge >= 0.3 is 6.03 Å². The molecule has 0 fully saturated rings. The summed E-state index contributed by atoms with van der Waals surface area (Å²) in [6.07, 6.45) is 1.46. The normalized spacial score (nSPS) is 10.0. The Labute approximate surface area is 94.8 Å². The van der Waals surface area contributed by atoms with Gasteiger partial charge in [0.1, 0.15) is 17.5 Å². The number of hydrogen-bond acceptors (Lipinski definition) is 2. The Bertz CT molecular complexity index is 507. The maximum atomic E-state index is 12.8. The monoisotopic (exact) mass is 238 g/mol. The van der Waals surface area contributed by atoms with Gasteiger partial charge in [-0.2, -0.15) is 5.10 Å². The molecule has 0 saturated heterocycles. The van der Waals surface area contributed by atoms with Gasteiger partial charge in [-0.15, -0.1) is 0 Å². The number of carbonyl (C=O) groups is 1. The number of halogens is 2. The number of amides is 2. The van der Waals surface area contributed by atoms with Crippen molar-refractivity contribution in [2.45, 2.75) is 0 Å². The van der Waals surface area contributed by atoms with Crippen LogP contribution in [-0.4, -0.2) is 16.2 Å². The van der Waals surface area contributed by atoms with E-state index < -0.39 is 17.7 Å². The molecule has 5 nitrogen and oxygen atoms in total. The van der Waals surface area contributed by atoms with Crippen LogP contribution in [0.25, 0.3) is 0 Å². The molecule has 88 valence electrons. The lowest BCUT2D eigenvalue weighted by atomic mass is 10.3. The summed E-state index contributed by atoms with van der Waals surface area (Å²) in [6.45, 7) is 0. The van der Waals surface area contributed by atoms with Crippen molar-refractivity contribution in [2.24, 2.45) is 0 Å². The van der Waals surface area contributed by atoms with Crippen LogP contribution in [0.1, 0.15) is 0 Å². The SMILES string of the molecule is O=C(Nc1cc(F)cc(F)c1)Nc1ccn[nH]1. The van der Waals surface area contributed by atoms with Gasteiger partial charge in [0.15, 0.2) is 0 Å². The van der Waals surface area contributed by atoms with E-state index in [4.69, 9.17) is 0 Å². The van der Waals surface area contributed by atoms with Crippen LogP contribution < -0.4 is 10.6 Å². The molecule has 0 saturated carbocycles. The second-order valence-electron chi connectivity index (χ2n) is 3.21. The van der Waals surface area contributed by atoms with Crippen LogP contribution in [0.15, 0.2) is 30.5 Å². The van der Waals surface area contributed by atoms with Gasteiger partial charge in [-0.25, -0.2) is 13.6 Å². The highest BCUT2D eigenvalue weighted by molar-refractivity contribution is 5.99.